The third kappa shape index (κ3) is 4.07. The van der Waals surface area contributed by atoms with Gasteiger partial charge in [0.2, 0.25) is 10.0 Å². The van der Waals surface area contributed by atoms with Crippen LogP contribution in [0.25, 0.3) is 22.0 Å². The molecule has 0 radical (unpaired) electrons. The van der Waals surface area contributed by atoms with Crippen LogP contribution < -0.4 is 11.1 Å². The van der Waals surface area contributed by atoms with Crippen LogP contribution in [-0.2, 0) is 23.0 Å². The van der Waals surface area contributed by atoms with E-state index in [1.807, 2.05) is 12.3 Å². The first kappa shape index (κ1) is 22.1. The zero-order chi connectivity index (χ0) is 23.2. The average molecular weight is 467 g/mol. The first-order valence-electron chi connectivity index (χ1n) is 11.6. The van der Waals surface area contributed by atoms with Crippen molar-refractivity contribution in [2.45, 2.75) is 38.6 Å². The Labute approximate surface area is 194 Å². The maximum atomic E-state index is 12.3. The highest BCUT2D eigenvalue weighted by atomic mass is 32.2. The Balaban J connectivity index is 1.53. The summed E-state index contributed by atoms with van der Waals surface area (Å²) in [5, 5.41) is 4.41. The third-order valence-corrected chi connectivity index (χ3v) is 9.05. The molecule has 0 atom stereocenters. The van der Waals surface area contributed by atoms with Gasteiger partial charge >= 0.3 is 0 Å². The predicted molar refractivity (Wildman–Crippen MR) is 131 cm³/mol. The van der Waals surface area contributed by atoms with Crippen LogP contribution in [0.15, 0.2) is 36.5 Å². The zero-order valence-corrected chi connectivity index (χ0v) is 19.7. The highest BCUT2D eigenvalue weighted by Gasteiger charge is 2.29. The highest BCUT2D eigenvalue weighted by molar-refractivity contribution is 7.89. The van der Waals surface area contributed by atoms with Gasteiger partial charge in [-0.3, -0.25) is 4.79 Å². The quantitative estimate of drug-likeness (QED) is 0.537. The summed E-state index contributed by atoms with van der Waals surface area (Å²) in [6.45, 7) is 4.57. The minimum absolute atomic E-state index is 0.131. The molecule has 2 aliphatic rings. The Morgan fingerprint density at radius 2 is 1.91 bits per heavy atom. The summed E-state index contributed by atoms with van der Waals surface area (Å²) < 4.78 is 26.1. The SMILES string of the molecule is CCS(=O)(=O)N1CCC(c2c[nH]c3c(C(N)=O)cc(-c4ccc5c(c4)CNCC5)cc23)CC1. The van der Waals surface area contributed by atoms with E-state index in [-0.39, 0.29) is 11.7 Å². The van der Waals surface area contributed by atoms with Gasteiger partial charge in [0.1, 0.15) is 0 Å². The third-order valence-electron chi connectivity index (χ3n) is 7.16. The molecule has 1 saturated heterocycles. The highest BCUT2D eigenvalue weighted by Crippen LogP contribution is 2.37. The minimum Gasteiger partial charge on any atom is -0.366 e. The summed E-state index contributed by atoms with van der Waals surface area (Å²) in [6.07, 6.45) is 4.50. The van der Waals surface area contributed by atoms with Gasteiger partial charge in [-0.05, 0) is 84.7 Å². The van der Waals surface area contributed by atoms with Crippen LogP contribution in [-0.4, -0.2) is 49.0 Å². The lowest BCUT2D eigenvalue weighted by Crippen LogP contribution is -2.38. The molecular formula is C25H30N4O3S. The monoisotopic (exact) mass is 466 g/mol. The van der Waals surface area contributed by atoms with Gasteiger partial charge in [0, 0.05) is 31.2 Å². The molecule has 33 heavy (non-hydrogen) atoms. The average Bonchev–Trinajstić information content (AvgIpc) is 3.27. The fraction of sp³-hybridized carbons (Fsp3) is 0.400. The van der Waals surface area contributed by atoms with E-state index < -0.39 is 15.9 Å². The lowest BCUT2D eigenvalue weighted by molar-refractivity contribution is 0.100. The van der Waals surface area contributed by atoms with Crippen molar-refractivity contribution in [1.29, 1.82) is 0 Å². The number of nitrogens with one attached hydrogen (secondary N) is 2. The Hall–Kier alpha value is -2.68. The van der Waals surface area contributed by atoms with Crippen molar-refractivity contribution in [3.05, 3.63) is 58.8 Å². The molecule has 1 amide bonds. The lowest BCUT2D eigenvalue weighted by Gasteiger charge is -2.31. The molecule has 0 spiro atoms. The second-order valence-electron chi connectivity index (χ2n) is 9.04. The van der Waals surface area contributed by atoms with Gasteiger partial charge < -0.3 is 16.0 Å². The zero-order valence-electron chi connectivity index (χ0n) is 18.9. The maximum Gasteiger partial charge on any atom is 0.250 e. The fourth-order valence-electron chi connectivity index (χ4n) is 5.24. The number of nitrogens with zero attached hydrogens (tertiary/aromatic N) is 1. The van der Waals surface area contributed by atoms with Crippen LogP contribution in [0.4, 0.5) is 0 Å². The standard InChI is InChI=1S/C25H30N4O3S/c1-2-33(31,32)29-9-6-17(7-10-29)23-15-28-24-21(23)12-19(13-22(24)25(26)30)18-4-3-16-5-8-27-14-20(16)11-18/h3-4,11-13,15,17,27-28H,2,5-10,14H2,1H3,(H2,26,30). The normalized spacial score (nSPS) is 17.8. The number of hydrogen-bond donors (Lipinski definition) is 3. The molecule has 1 aromatic heterocycles. The van der Waals surface area contributed by atoms with Crippen molar-refractivity contribution < 1.29 is 13.2 Å². The summed E-state index contributed by atoms with van der Waals surface area (Å²) in [5.74, 6) is -0.101. The number of H-pyrrole nitrogens is 1. The number of carbonyl (C=O) groups is 1. The van der Waals surface area contributed by atoms with Crippen molar-refractivity contribution in [3.8, 4) is 11.1 Å². The van der Waals surface area contributed by atoms with Gasteiger partial charge in [-0.25, -0.2) is 12.7 Å². The van der Waals surface area contributed by atoms with Crippen molar-refractivity contribution in [3.63, 3.8) is 0 Å². The van der Waals surface area contributed by atoms with Gasteiger partial charge in [-0.1, -0.05) is 12.1 Å². The molecule has 2 aromatic carbocycles. The second-order valence-corrected chi connectivity index (χ2v) is 11.3. The van der Waals surface area contributed by atoms with E-state index in [0.29, 0.717) is 18.7 Å². The Morgan fingerprint density at radius 1 is 1.12 bits per heavy atom. The van der Waals surface area contributed by atoms with Crippen molar-refractivity contribution in [2.75, 3.05) is 25.4 Å². The first-order valence-corrected chi connectivity index (χ1v) is 13.2. The summed E-state index contributed by atoms with van der Waals surface area (Å²) in [6, 6.07) is 10.5. The Bertz CT molecular complexity index is 1320. The number of benzene rings is 2. The smallest absolute Gasteiger partial charge is 0.250 e. The summed E-state index contributed by atoms with van der Waals surface area (Å²) in [4.78, 5) is 15.6. The second kappa shape index (κ2) is 8.59. The number of aromatic amines is 1. The van der Waals surface area contributed by atoms with Crippen LogP contribution in [0.5, 0.6) is 0 Å². The summed E-state index contributed by atoms with van der Waals surface area (Å²) in [7, 11) is -3.17. The summed E-state index contributed by atoms with van der Waals surface area (Å²) >= 11 is 0. The number of aromatic nitrogens is 1. The van der Waals surface area contributed by atoms with Gasteiger partial charge in [0.05, 0.1) is 16.8 Å². The topological polar surface area (TPSA) is 108 Å². The molecule has 0 unspecified atom stereocenters. The van der Waals surface area contributed by atoms with Crippen LogP contribution in [0.2, 0.25) is 0 Å². The molecule has 5 rings (SSSR count). The van der Waals surface area contributed by atoms with Gasteiger partial charge in [0.25, 0.3) is 5.91 Å². The van der Waals surface area contributed by atoms with Crippen LogP contribution in [0.1, 0.15) is 52.7 Å². The fourth-order valence-corrected chi connectivity index (χ4v) is 6.37. The van der Waals surface area contributed by atoms with Gasteiger partial charge in [0.15, 0.2) is 0 Å². The van der Waals surface area contributed by atoms with Gasteiger partial charge in [-0.15, -0.1) is 0 Å². The van der Waals surface area contributed by atoms with E-state index in [0.717, 1.165) is 59.9 Å². The van der Waals surface area contributed by atoms with Crippen LogP contribution >= 0.6 is 0 Å². The number of hydrogen-bond acceptors (Lipinski definition) is 4. The molecule has 4 N–H and O–H groups in total. The molecule has 3 aromatic rings. The number of amides is 1. The van der Waals surface area contributed by atoms with E-state index >= 15 is 0 Å². The molecule has 0 saturated carbocycles. The van der Waals surface area contributed by atoms with E-state index in [4.69, 9.17) is 5.73 Å². The number of rotatable bonds is 5. The van der Waals surface area contributed by atoms with Crippen molar-refractivity contribution in [1.82, 2.24) is 14.6 Å². The molecule has 7 nitrogen and oxygen atoms in total. The largest absolute Gasteiger partial charge is 0.366 e. The van der Waals surface area contributed by atoms with Crippen molar-refractivity contribution in [2.24, 2.45) is 5.73 Å². The van der Waals surface area contributed by atoms with Gasteiger partial charge in [-0.2, -0.15) is 0 Å². The van der Waals surface area contributed by atoms with E-state index in [1.54, 1.807) is 11.2 Å². The number of piperidine rings is 1. The molecule has 174 valence electrons. The molecule has 0 aliphatic carbocycles. The lowest BCUT2D eigenvalue weighted by atomic mass is 9.88. The molecule has 8 heteroatoms. The minimum atomic E-state index is -3.17. The molecule has 3 heterocycles. The number of carbonyl (C=O) groups excluding carboxylic acids is 1. The number of primary amides is 1. The van der Waals surface area contributed by atoms with E-state index in [9.17, 15) is 13.2 Å². The Kier molecular flexibility index (Phi) is 5.76. The maximum absolute atomic E-state index is 12.3. The summed E-state index contributed by atoms with van der Waals surface area (Å²) in [5.41, 5.74) is 12.8. The molecule has 2 aliphatic heterocycles. The number of nitrogens with two attached hydrogens (primary N) is 1. The van der Waals surface area contributed by atoms with E-state index in [2.05, 4.69) is 34.6 Å². The van der Waals surface area contributed by atoms with E-state index in [1.165, 1.54) is 11.1 Å². The predicted octanol–water partition coefficient (Wildman–Crippen LogP) is 3.11. The van der Waals surface area contributed by atoms with Crippen LogP contribution in [0.3, 0.4) is 0 Å². The number of sulfonamides is 1. The molecule has 1 fully saturated rings. The molecule has 0 bridgehead atoms. The van der Waals surface area contributed by atoms with Crippen molar-refractivity contribution >= 4 is 26.8 Å². The Morgan fingerprint density at radius 3 is 2.64 bits per heavy atom. The van der Waals surface area contributed by atoms with Crippen LogP contribution in [0, 0.1) is 0 Å². The molecular weight excluding hydrogens is 436 g/mol. The number of fused-ring (bicyclic) bond motifs is 2. The first-order chi connectivity index (χ1) is 15.9.